The normalized spacial score (nSPS) is 23.7. The zero-order chi connectivity index (χ0) is 15.7. The monoisotopic (exact) mass is 298 g/mol. The number of hydrogen-bond donors (Lipinski definition) is 1. The molecular weight excluding hydrogens is 260 g/mol. The van der Waals surface area contributed by atoms with Gasteiger partial charge in [-0.2, -0.15) is 0 Å². The number of ether oxygens (including phenoxy) is 1. The van der Waals surface area contributed by atoms with Gasteiger partial charge in [0.2, 0.25) is 0 Å². The molecule has 2 saturated heterocycles. The Bertz CT molecular complexity index is 244. The number of rotatable bonds is 5. The molecule has 0 aliphatic carbocycles. The Hall–Kier alpha value is -0.120. The Balaban J connectivity index is 0.00000106. The smallest absolute Gasteiger partial charge is 0.0622 e. The second-order valence-electron chi connectivity index (χ2n) is 6.75. The third-order valence-electron chi connectivity index (χ3n) is 5.00. The van der Waals surface area contributed by atoms with Gasteiger partial charge in [-0.3, -0.25) is 4.90 Å². The molecule has 0 bridgehead atoms. The van der Waals surface area contributed by atoms with Gasteiger partial charge in [-0.25, -0.2) is 0 Å². The summed E-state index contributed by atoms with van der Waals surface area (Å²) in [5.41, 5.74) is 0. The highest BCUT2D eigenvalue weighted by Gasteiger charge is 2.25. The molecule has 1 atom stereocenters. The highest BCUT2D eigenvalue weighted by atomic mass is 16.5. The van der Waals surface area contributed by atoms with Crippen molar-refractivity contribution in [2.75, 3.05) is 32.8 Å². The van der Waals surface area contributed by atoms with Crippen LogP contribution in [0.3, 0.4) is 0 Å². The third kappa shape index (κ3) is 6.66. The number of likely N-dealkylation sites (tertiary alicyclic amines) is 1. The topological polar surface area (TPSA) is 24.5 Å². The van der Waals surface area contributed by atoms with Gasteiger partial charge in [0.25, 0.3) is 0 Å². The molecule has 2 aliphatic heterocycles. The standard InChI is InChI=1S/C16H32N2O.C2H6/c1-13(2)15-6-10-18(11-7-15)14(3)12-19-16-4-8-17-9-5-16;1-2/h13-17H,4-12H2,1-3H3;1-2H3. The van der Waals surface area contributed by atoms with Gasteiger partial charge in [-0.15, -0.1) is 0 Å². The van der Waals surface area contributed by atoms with Gasteiger partial charge in [0.15, 0.2) is 0 Å². The SMILES string of the molecule is CC.CC(C)C1CCN(C(C)COC2CCNCC2)CC1. The Labute approximate surface area is 132 Å². The summed E-state index contributed by atoms with van der Waals surface area (Å²) in [6, 6.07) is 0.586. The van der Waals surface area contributed by atoms with Gasteiger partial charge in [0.05, 0.1) is 12.7 Å². The average molecular weight is 299 g/mol. The zero-order valence-corrected chi connectivity index (χ0v) is 15.0. The fourth-order valence-corrected chi connectivity index (χ4v) is 3.37. The van der Waals surface area contributed by atoms with Gasteiger partial charge in [0.1, 0.15) is 0 Å². The summed E-state index contributed by atoms with van der Waals surface area (Å²) in [7, 11) is 0. The Morgan fingerprint density at radius 2 is 1.57 bits per heavy atom. The maximum atomic E-state index is 6.09. The van der Waals surface area contributed by atoms with Crippen molar-refractivity contribution in [1.82, 2.24) is 10.2 Å². The lowest BCUT2D eigenvalue weighted by Gasteiger charge is -2.38. The molecule has 0 aromatic heterocycles. The summed E-state index contributed by atoms with van der Waals surface area (Å²) in [6.45, 7) is 16.7. The summed E-state index contributed by atoms with van der Waals surface area (Å²) in [5, 5.41) is 3.39. The van der Waals surface area contributed by atoms with Crippen molar-refractivity contribution < 1.29 is 4.74 Å². The molecule has 126 valence electrons. The Morgan fingerprint density at radius 1 is 1.00 bits per heavy atom. The average Bonchev–Trinajstić information content (AvgIpc) is 2.55. The van der Waals surface area contributed by atoms with E-state index in [-0.39, 0.29) is 0 Å². The molecule has 0 aromatic carbocycles. The van der Waals surface area contributed by atoms with Crippen molar-refractivity contribution in [3.63, 3.8) is 0 Å². The minimum atomic E-state index is 0.497. The summed E-state index contributed by atoms with van der Waals surface area (Å²) < 4.78 is 6.09. The van der Waals surface area contributed by atoms with Crippen molar-refractivity contribution >= 4 is 0 Å². The lowest BCUT2D eigenvalue weighted by molar-refractivity contribution is -0.00959. The molecular formula is C18H38N2O. The first-order chi connectivity index (χ1) is 10.2. The molecule has 0 aromatic rings. The highest BCUT2D eigenvalue weighted by Crippen LogP contribution is 2.25. The van der Waals surface area contributed by atoms with E-state index in [9.17, 15) is 0 Å². The van der Waals surface area contributed by atoms with E-state index >= 15 is 0 Å². The first kappa shape index (κ1) is 18.9. The minimum Gasteiger partial charge on any atom is -0.377 e. The van der Waals surface area contributed by atoms with Crippen LogP contribution < -0.4 is 5.32 Å². The van der Waals surface area contributed by atoms with E-state index in [0.717, 1.165) is 31.5 Å². The van der Waals surface area contributed by atoms with Crippen LogP contribution in [-0.2, 0) is 4.74 Å². The molecule has 21 heavy (non-hydrogen) atoms. The van der Waals surface area contributed by atoms with Crippen LogP contribution in [0.2, 0.25) is 0 Å². The molecule has 2 aliphatic rings. The van der Waals surface area contributed by atoms with Crippen LogP contribution in [0.1, 0.15) is 60.3 Å². The molecule has 3 nitrogen and oxygen atoms in total. The van der Waals surface area contributed by atoms with Crippen molar-refractivity contribution in [3.8, 4) is 0 Å². The number of piperidine rings is 2. The lowest BCUT2D eigenvalue weighted by Crippen LogP contribution is -2.44. The van der Waals surface area contributed by atoms with Crippen LogP contribution in [0.15, 0.2) is 0 Å². The van der Waals surface area contributed by atoms with E-state index in [1.807, 2.05) is 13.8 Å². The predicted octanol–water partition coefficient (Wildman–Crippen LogP) is 3.54. The van der Waals surface area contributed by atoms with Crippen molar-refractivity contribution in [1.29, 1.82) is 0 Å². The van der Waals surface area contributed by atoms with Gasteiger partial charge < -0.3 is 10.1 Å². The molecule has 1 N–H and O–H groups in total. The Morgan fingerprint density at radius 3 is 2.10 bits per heavy atom. The summed E-state index contributed by atoms with van der Waals surface area (Å²) in [6.07, 6.45) is 5.60. The van der Waals surface area contributed by atoms with Gasteiger partial charge in [-0.1, -0.05) is 27.7 Å². The summed E-state index contributed by atoms with van der Waals surface area (Å²) in [5.74, 6) is 1.79. The number of hydrogen-bond acceptors (Lipinski definition) is 3. The van der Waals surface area contributed by atoms with Crippen molar-refractivity contribution in [2.24, 2.45) is 11.8 Å². The van der Waals surface area contributed by atoms with Gasteiger partial charge in [-0.05, 0) is 70.6 Å². The maximum absolute atomic E-state index is 6.09. The van der Waals surface area contributed by atoms with Gasteiger partial charge in [0, 0.05) is 6.04 Å². The first-order valence-electron chi connectivity index (χ1n) is 9.23. The predicted molar refractivity (Wildman–Crippen MR) is 91.8 cm³/mol. The Kier molecular flexibility index (Phi) is 9.54. The highest BCUT2D eigenvalue weighted by molar-refractivity contribution is 4.78. The maximum Gasteiger partial charge on any atom is 0.0622 e. The van der Waals surface area contributed by atoms with Gasteiger partial charge >= 0.3 is 0 Å². The van der Waals surface area contributed by atoms with Crippen molar-refractivity contribution in [2.45, 2.75) is 72.4 Å². The van der Waals surface area contributed by atoms with E-state index in [2.05, 4.69) is 31.0 Å². The van der Waals surface area contributed by atoms with Crippen LogP contribution in [-0.4, -0.2) is 49.8 Å². The van der Waals surface area contributed by atoms with Crippen LogP contribution in [0.5, 0.6) is 0 Å². The van der Waals surface area contributed by atoms with Crippen LogP contribution in [0, 0.1) is 11.8 Å². The summed E-state index contributed by atoms with van der Waals surface area (Å²) in [4.78, 5) is 2.62. The van der Waals surface area contributed by atoms with E-state index < -0.39 is 0 Å². The molecule has 3 heteroatoms. The minimum absolute atomic E-state index is 0.497. The van der Waals surface area contributed by atoms with E-state index in [1.54, 1.807) is 0 Å². The first-order valence-corrected chi connectivity index (χ1v) is 9.23. The zero-order valence-electron chi connectivity index (χ0n) is 15.0. The molecule has 0 radical (unpaired) electrons. The quantitative estimate of drug-likeness (QED) is 0.840. The molecule has 1 unspecified atom stereocenters. The molecule has 0 spiro atoms. The molecule has 2 heterocycles. The fourth-order valence-electron chi connectivity index (χ4n) is 3.37. The third-order valence-corrected chi connectivity index (χ3v) is 5.00. The fraction of sp³-hybridized carbons (Fsp3) is 1.00. The summed E-state index contributed by atoms with van der Waals surface area (Å²) >= 11 is 0. The largest absolute Gasteiger partial charge is 0.377 e. The second-order valence-corrected chi connectivity index (χ2v) is 6.75. The number of nitrogens with zero attached hydrogens (tertiary/aromatic N) is 1. The van der Waals surface area contributed by atoms with Crippen LogP contribution in [0.25, 0.3) is 0 Å². The molecule has 2 fully saturated rings. The van der Waals surface area contributed by atoms with Crippen molar-refractivity contribution in [3.05, 3.63) is 0 Å². The van der Waals surface area contributed by atoms with Crippen LogP contribution >= 0.6 is 0 Å². The molecule has 2 rings (SSSR count). The van der Waals surface area contributed by atoms with E-state index in [1.165, 1.54) is 38.8 Å². The molecule has 0 amide bonds. The molecule has 0 saturated carbocycles. The number of nitrogens with one attached hydrogen (secondary N) is 1. The van der Waals surface area contributed by atoms with E-state index in [0.29, 0.717) is 12.1 Å². The van der Waals surface area contributed by atoms with Crippen LogP contribution in [0.4, 0.5) is 0 Å². The second kappa shape index (κ2) is 10.6. The lowest BCUT2D eigenvalue weighted by atomic mass is 9.86. The van der Waals surface area contributed by atoms with E-state index in [4.69, 9.17) is 4.74 Å².